The summed E-state index contributed by atoms with van der Waals surface area (Å²) in [7, 11) is 0. The highest BCUT2D eigenvalue weighted by Gasteiger charge is 2.60. The van der Waals surface area contributed by atoms with Crippen molar-refractivity contribution in [2.24, 2.45) is 17.3 Å². The van der Waals surface area contributed by atoms with Gasteiger partial charge in [-0.05, 0) is 62.5 Å². The zero-order valence-electron chi connectivity index (χ0n) is 15.1. The van der Waals surface area contributed by atoms with Crippen LogP contribution in [-0.4, -0.2) is 40.7 Å². The normalized spacial score (nSPS) is 36.3. The zero-order valence-corrected chi connectivity index (χ0v) is 15.8. The fraction of sp³-hybridized carbons (Fsp3) is 0.571. The van der Waals surface area contributed by atoms with Crippen molar-refractivity contribution < 1.29 is 19.1 Å². The summed E-state index contributed by atoms with van der Waals surface area (Å²) in [4.78, 5) is 38.6. The topological polar surface area (TPSA) is 63.7 Å². The van der Waals surface area contributed by atoms with E-state index in [0.29, 0.717) is 29.4 Å². The van der Waals surface area contributed by atoms with Crippen LogP contribution in [-0.2, 0) is 9.53 Å². The van der Waals surface area contributed by atoms with Crippen molar-refractivity contribution in [1.29, 1.82) is 0 Å². The molecule has 0 spiro atoms. The third-order valence-corrected chi connectivity index (χ3v) is 7.29. The smallest absolute Gasteiger partial charge is 0.312 e. The Kier molecular flexibility index (Phi) is 3.71. The molecule has 2 amide bonds. The number of hydrogen-bond acceptors (Lipinski definition) is 4. The van der Waals surface area contributed by atoms with Gasteiger partial charge in [0.1, 0.15) is 6.61 Å². The first kappa shape index (κ1) is 17.2. The molecular formula is C21H22ClNO4. The second kappa shape index (κ2) is 5.81. The Balaban J connectivity index is 1.24. The van der Waals surface area contributed by atoms with E-state index < -0.39 is 5.41 Å². The first-order valence-electron chi connectivity index (χ1n) is 9.71. The molecule has 5 nitrogen and oxygen atoms in total. The van der Waals surface area contributed by atoms with Gasteiger partial charge in [-0.2, -0.15) is 0 Å². The van der Waals surface area contributed by atoms with E-state index in [0.717, 1.165) is 25.7 Å². The van der Waals surface area contributed by atoms with Crippen LogP contribution in [0.15, 0.2) is 24.3 Å². The van der Waals surface area contributed by atoms with Gasteiger partial charge in [0.2, 0.25) is 0 Å². The molecule has 6 heteroatoms. The minimum absolute atomic E-state index is 0.0384. The van der Waals surface area contributed by atoms with Crippen molar-refractivity contribution in [3.8, 4) is 0 Å². The number of hydrogen-bond donors (Lipinski definition) is 0. The molecule has 0 radical (unpaired) electrons. The van der Waals surface area contributed by atoms with Gasteiger partial charge in [-0.15, -0.1) is 11.6 Å². The van der Waals surface area contributed by atoms with Gasteiger partial charge >= 0.3 is 5.97 Å². The molecule has 2 unspecified atom stereocenters. The lowest BCUT2D eigenvalue weighted by atomic mass is 9.49. The van der Waals surface area contributed by atoms with E-state index in [1.165, 1.54) is 11.3 Å². The summed E-state index contributed by atoms with van der Waals surface area (Å²) in [5.41, 5.74) is 0.367. The van der Waals surface area contributed by atoms with E-state index in [1.54, 1.807) is 24.3 Å². The fourth-order valence-corrected chi connectivity index (χ4v) is 6.91. The summed E-state index contributed by atoms with van der Waals surface area (Å²) >= 11 is 6.79. The number of rotatable bonds is 4. The van der Waals surface area contributed by atoms with E-state index in [9.17, 15) is 14.4 Å². The van der Waals surface area contributed by atoms with Crippen LogP contribution in [0.4, 0.5) is 0 Å². The standard InChI is InChI=1S/C21H22ClNO4/c22-21-10-13-7-14(11-21)9-20(8-13,12-21)19(26)27-6-5-23-17(24)15-3-1-2-4-16(15)18(23)25/h1-4,13-14H,5-12H2/t13-,14+,20?,21?. The minimum atomic E-state index is -0.464. The summed E-state index contributed by atoms with van der Waals surface area (Å²) in [6, 6.07) is 6.78. The van der Waals surface area contributed by atoms with Gasteiger partial charge in [-0.25, -0.2) is 0 Å². The number of ether oxygens (including phenoxy) is 1. The second-order valence-electron chi connectivity index (χ2n) is 8.84. The van der Waals surface area contributed by atoms with E-state index in [2.05, 4.69) is 0 Å². The summed E-state index contributed by atoms with van der Waals surface area (Å²) in [5.74, 6) is 0.209. The fourth-order valence-electron chi connectivity index (χ4n) is 6.21. The zero-order chi connectivity index (χ0) is 18.8. The van der Waals surface area contributed by atoms with Crippen LogP contribution in [0, 0.1) is 17.3 Å². The van der Waals surface area contributed by atoms with E-state index in [4.69, 9.17) is 16.3 Å². The number of fused-ring (bicyclic) bond motifs is 1. The first-order valence-corrected chi connectivity index (χ1v) is 10.1. The van der Waals surface area contributed by atoms with Gasteiger partial charge < -0.3 is 4.74 Å². The molecule has 142 valence electrons. The van der Waals surface area contributed by atoms with Gasteiger partial charge in [-0.3, -0.25) is 19.3 Å². The van der Waals surface area contributed by atoms with Gasteiger partial charge in [0.25, 0.3) is 11.8 Å². The van der Waals surface area contributed by atoms with Gasteiger partial charge in [0, 0.05) is 4.87 Å². The number of halogens is 1. The van der Waals surface area contributed by atoms with Crippen LogP contribution in [0.3, 0.4) is 0 Å². The molecule has 4 fully saturated rings. The molecule has 0 saturated heterocycles. The Morgan fingerprint density at radius 2 is 1.67 bits per heavy atom. The predicted octanol–water partition coefficient (Wildman–Crippen LogP) is 3.40. The maximum absolute atomic E-state index is 12.9. The number of nitrogens with zero attached hydrogens (tertiary/aromatic N) is 1. The Hall–Kier alpha value is -1.88. The number of carbonyl (C=O) groups is 3. The van der Waals surface area contributed by atoms with Crippen LogP contribution in [0.1, 0.15) is 59.2 Å². The maximum atomic E-state index is 12.9. The Morgan fingerprint density at radius 3 is 2.22 bits per heavy atom. The Labute approximate surface area is 163 Å². The molecule has 4 atom stereocenters. The van der Waals surface area contributed by atoms with Crippen molar-refractivity contribution in [2.45, 2.75) is 43.4 Å². The molecular weight excluding hydrogens is 366 g/mol. The minimum Gasteiger partial charge on any atom is -0.463 e. The third-order valence-electron chi connectivity index (χ3n) is 6.85. The van der Waals surface area contributed by atoms with E-state index in [-0.39, 0.29) is 35.8 Å². The molecule has 1 heterocycles. The van der Waals surface area contributed by atoms with Crippen molar-refractivity contribution in [3.63, 3.8) is 0 Å². The molecule has 27 heavy (non-hydrogen) atoms. The van der Waals surface area contributed by atoms with Gasteiger partial charge in [0.05, 0.1) is 23.1 Å². The number of carbonyl (C=O) groups excluding carboxylic acids is 3. The molecule has 5 aliphatic rings. The summed E-state index contributed by atoms with van der Waals surface area (Å²) in [6.07, 6.45) is 5.62. The summed E-state index contributed by atoms with van der Waals surface area (Å²) in [6.45, 7) is 0.129. The molecule has 0 aromatic heterocycles. The second-order valence-corrected chi connectivity index (χ2v) is 9.64. The average Bonchev–Trinajstić information content (AvgIpc) is 2.85. The maximum Gasteiger partial charge on any atom is 0.312 e. The average molecular weight is 388 g/mol. The molecule has 1 aromatic carbocycles. The molecule has 6 rings (SSSR count). The van der Waals surface area contributed by atoms with Crippen molar-refractivity contribution >= 4 is 29.4 Å². The number of amides is 2. The van der Waals surface area contributed by atoms with E-state index in [1.807, 2.05) is 0 Å². The lowest BCUT2D eigenvalue weighted by Gasteiger charge is -2.58. The number of alkyl halides is 1. The lowest BCUT2D eigenvalue weighted by Crippen LogP contribution is -2.56. The monoisotopic (exact) mass is 387 g/mol. The molecule has 1 aromatic rings. The number of imide groups is 1. The lowest BCUT2D eigenvalue weighted by molar-refractivity contribution is -0.170. The number of benzene rings is 1. The van der Waals surface area contributed by atoms with Crippen LogP contribution < -0.4 is 0 Å². The van der Waals surface area contributed by atoms with Gasteiger partial charge in [-0.1, -0.05) is 12.1 Å². The highest BCUT2D eigenvalue weighted by atomic mass is 35.5. The summed E-state index contributed by atoms with van der Waals surface area (Å²) < 4.78 is 5.59. The molecule has 4 aliphatic carbocycles. The van der Waals surface area contributed by atoms with Crippen LogP contribution in [0.5, 0.6) is 0 Å². The van der Waals surface area contributed by atoms with E-state index >= 15 is 0 Å². The highest BCUT2D eigenvalue weighted by molar-refractivity contribution is 6.24. The van der Waals surface area contributed by atoms with Crippen LogP contribution in [0.25, 0.3) is 0 Å². The molecule has 0 N–H and O–H groups in total. The first-order chi connectivity index (χ1) is 12.9. The highest BCUT2D eigenvalue weighted by Crippen LogP contribution is 2.64. The predicted molar refractivity (Wildman–Crippen MR) is 98.5 cm³/mol. The molecule has 1 aliphatic heterocycles. The molecule has 4 bridgehead atoms. The van der Waals surface area contributed by atoms with Crippen molar-refractivity contribution in [3.05, 3.63) is 35.4 Å². The Morgan fingerprint density at radius 1 is 1.07 bits per heavy atom. The third kappa shape index (κ3) is 2.62. The van der Waals surface area contributed by atoms with Crippen LogP contribution in [0.2, 0.25) is 0 Å². The van der Waals surface area contributed by atoms with Crippen molar-refractivity contribution in [2.75, 3.05) is 13.2 Å². The Bertz CT molecular complexity index is 801. The molecule has 4 saturated carbocycles. The van der Waals surface area contributed by atoms with Crippen LogP contribution >= 0.6 is 11.6 Å². The quantitative estimate of drug-likeness (QED) is 0.451. The summed E-state index contributed by atoms with van der Waals surface area (Å²) in [5, 5.41) is 0. The van der Waals surface area contributed by atoms with Crippen molar-refractivity contribution in [1.82, 2.24) is 4.90 Å². The van der Waals surface area contributed by atoms with Gasteiger partial charge in [0.15, 0.2) is 0 Å². The number of esters is 1. The SMILES string of the molecule is O=C1c2ccccc2C(=O)N1CCOC(=O)C12C[C@@H]3C[C@@H](CC(Cl)(C3)C1)C2. The largest absolute Gasteiger partial charge is 0.463 e.